The highest BCUT2D eigenvalue weighted by Crippen LogP contribution is 2.35. The monoisotopic (exact) mass is 463 g/mol. The van der Waals surface area contributed by atoms with Crippen molar-refractivity contribution in [1.29, 1.82) is 0 Å². The zero-order valence-electron chi connectivity index (χ0n) is 16.7. The summed E-state index contributed by atoms with van der Waals surface area (Å²) >= 11 is 0.852. The topological polar surface area (TPSA) is 93.4 Å². The number of aromatic nitrogens is 1. The van der Waals surface area contributed by atoms with Crippen LogP contribution in [0.4, 0.5) is 13.9 Å². The molecule has 1 unspecified atom stereocenters. The van der Waals surface area contributed by atoms with Gasteiger partial charge in [0, 0.05) is 18.5 Å². The number of sulfonamides is 1. The zero-order valence-corrected chi connectivity index (χ0v) is 18.4. The van der Waals surface area contributed by atoms with Crippen LogP contribution in [0.5, 0.6) is 0 Å². The Kier molecular flexibility index (Phi) is 5.40. The Balaban J connectivity index is 1.56. The molecule has 1 atom stereocenters. The van der Waals surface area contributed by atoms with Crippen LogP contribution in [0.1, 0.15) is 16.8 Å². The van der Waals surface area contributed by atoms with Crippen molar-refractivity contribution in [2.75, 3.05) is 11.9 Å². The first-order valence-corrected chi connectivity index (χ1v) is 11.8. The van der Waals surface area contributed by atoms with E-state index in [2.05, 4.69) is 4.98 Å². The lowest BCUT2D eigenvalue weighted by atomic mass is 10.00. The molecular weight excluding hydrogens is 444 g/mol. The van der Waals surface area contributed by atoms with Gasteiger partial charge >= 0.3 is 0 Å². The molecule has 1 aliphatic rings. The third kappa shape index (κ3) is 4.10. The molecule has 1 aliphatic carbocycles. The predicted molar refractivity (Wildman–Crippen MR) is 114 cm³/mol. The summed E-state index contributed by atoms with van der Waals surface area (Å²) in [6.07, 6.45) is 0.937. The van der Waals surface area contributed by atoms with Gasteiger partial charge in [-0.2, -0.15) is 0 Å². The second kappa shape index (κ2) is 7.77. The van der Waals surface area contributed by atoms with E-state index in [1.807, 2.05) is 6.07 Å². The SMILES string of the molecule is Cc1nc(N(C)C(=O)C2Cc3ccc(-c4cc(F)ccc4F)cc3C2)sc1S(N)(=O)=O. The third-order valence-electron chi connectivity index (χ3n) is 5.35. The van der Waals surface area contributed by atoms with Crippen molar-refractivity contribution in [2.45, 2.75) is 24.0 Å². The summed E-state index contributed by atoms with van der Waals surface area (Å²) in [5, 5.41) is 5.45. The van der Waals surface area contributed by atoms with Gasteiger partial charge < -0.3 is 0 Å². The van der Waals surface area contributed by atoms with Crippen LogP contribution in [0, 0.1) is 24.5 Å². The number of benzene rings is 2. The number of primary sulfonamides is 1. The van der Waals surface area contributed by atoms with Crippen molar-refractivity contribution in [3.05, 3.63) is 64.9 Å². The summed E-state index contributed by atoms with van der Waals surface area (Å²) in [5.41, 5.74) is 2.83. The summed E-state index contributed by atoms with van der Waals surface area (Å²) in [6, 6.07) is 8.64. The van der Waals surface area contributed by atoms with Crippen LogP contribution < -0.4 is 10.0 Å². The minimum absolute atomic E-state index is 0.0707. The molecule has 0 saturated carbocycles. The van der Waals surface area contributed by atoms with Crippen molar-refractivity contribution in [1.82, 2.24) is 4.98 Å². The number of aryl methyl sites for hydroxylation is 1. The van der Waals surface area contributed by atoms with Gasteiger partial charge in [0.25, 0.3) is 0 Å². The smallest absolute Gasteiger partial charge is 0.249 e. The lowest BCUT2D eigenvalue weighted by Gasteiger charge is -2.18. The van der Waals surface area contributed by atoms with Crippen molar-refractivity contribution in [3.8, 4) is 11.1 Å². The van der Waals surface area contributed by atoms with Gasteiger partial charge in [-0.15, -0.1) is 0 Å². The summed E-state index contributed by atoms with van der Waals surface area (Å²) in [7, 11) is -2.37. The first kappa shape index (κ1) is 21.5. The Bertz CT molecular complexity index is 1310. The molecule has 0 saturated heterocycles. The fourth-order valence-electron chi connectivity index (χ4n) is 3.82. The first-order valence-electron chi connectivity index (χ1n) is 9.39. The summed E-state index contributed by atoms with van der Waals surface area (Å²) in [4.78, 5) is 18.6. The number of nitrogens with two attached hydrogens (primary N) is 1. The first-order chi connectivity index (χ1) is 14.5. The van der Waals surface area contributed by atoms with Crippen LogP contribution in [0.2, 0.25) is 0 Å². The van der Waals surface area contributed by atoms with Crippen molar-refractivity contribution < 1.29 is 22.0 Å². The number of thiazole rings is 1. The number of nitrogens with zero attached hydrogens (tertiary/aromatic N) is 2. The maximum atomic E-state index is 14.1. The Hall–Kier alpha value is -2.69. The molecule has 3 aromatic rings. The number of hydrogen-bond donors (Lipinski definition) is 1. The van der Waals surface area contributed by atoms with E-state index in [0.29, 0.717) is 18.4 Å². The largest absolute Gasteiger partial charge is 0.291 e. The van der Waals surface area contributed by atoms with E-state index in [1.165, 1.54) is 11.8 Å². The molecule has 0 bridgehead atoms. The summed E-state index contributed by atoms with van der Waals surface area (Å²) in [5.74, 6) is -1.61. The van der Waals surface area contributed by atoms with Gasteiger partial charge in [0.1, 0.15) is 11.6 Å². The Morgan fingerprint density at radius 3 is 2.55 bits per heavy atom. The molecule has 0 fully saturated rings. The van der Waals surface area contributed by atoms with Crippen LogP contribution in [0.3, 0.4) is 0 Å². The number of anilines is 1. The molecule has 1 amide bonds. The van der Waals surface area contributed by atoms with E-state index >= 15 is 0 Å². The molecule has 0 radical (unpaired) electrons. The molecule has 6 nitrogen and oxygen atoms in total. The second-order valence-electron chi connectivity index (χ2n) is 7.52. The number of carbonyl (C=O) groups is 1. The van der Waals surface area contributed by atoms with E-state index in [0.717, 1.165) is 40.7 Å². The van der Waals surface area contributed by atoms with E-state index < -0.39 is 21.7 Å². The molecule has 0 aliphatic heterocycles. The zero-order chi connectivity index (χ0) is 22.5. The van der Waals surface area contributed by atoms with E-state index in [1.54, 1.807) is 19.2 Å². The summed E-state index contributed by atoms with van der Waals surface area (Å²) < 4.78 is 50.9. The van der Waals surface area contributed by atoms with Gasteiger partial charge in [-0.25, -0.2) is 27.3 Å². The second-order valence-corrected chi connectivity index (χ2v) is 10.3. The lowest BCUT2D eigenvalue weighted by Crippen LogP contribution is -2.33. The van der Waals surface area contributed by atoms with Crippen LogP contribution in [0.15, 0.2) is 40.6 Å². The molecule has 162 valence electrons. The van der Waals surface area contributed by atoms with Gasteiger partial charge in [-0.1, -0.05) is 29.5 Å². The van der Waals surface area contributed by atoms with Gasteiger partial charge in [-0.3, -0.25) is 9.69 Å². The average Bonchev–Trinajstić information content (AvgIpc) is 3.31. The highest BCUT2D eigenvalue weighted by atomic mass is 32.2. The van der Waals surface area contributed by atoms with Crippen molar-refractivity contribution >= 4 is 32.4 Å². The normalized spacial score (nSPS) is 15.7. The maximum Gasteiger partial charge on any atom is 0.249 e. The van der Waals surface area contributed by atoms with Crippen LogP contribution >= 0.6 is 11.3 Å². The van der Waals surface area contributed by atoms with Gasteiger partial charge in [-0.05, 0) is 54.7 Å². The standard InChI is InChI=1S/C21H19F2N3O3S2/c1-11-20(31(24,28)29)30-21(25-11)26(2)19(27)15-7-12-3-4-13(8-14(12)9-15)17-10-16(22)5-6-18(17)23/h3-6,8,10,15H,7,9H2,1-2H3,(H2,24,28,29). The van der Waals surface area contributed by atoms with Crippen LogP contribution in [0.25, 0.3) is 11.1 Å². The molecule has 4 rings (SSSR count). The Morgan fingerprint density at radius 1 is 1.16 bits per heavy atom. The number of halogens is 2. The summed E-state index contributed by atoms with van der Waals surface area (Å²) in [6.45, 7) is 1.52. The third-order valence-corrected chi connectivity index (χ3v) is 8.13. The van der Waals surface area contributed by atoms with Crippen molar-refractivity contribution in [3.63, 3.8) is 0 Å². The maximum absolute atomic E-state index is 14.1. The Labute approximate surface area is 182 Å². The Morgan fingerprint density at radius 2 is 1.87 bits per heavy atom. The lowest BCUT2D eigenvalue weighted by molar-refractivity contribution is -0.121. The van der Waals surface area contributed by atoms with E-state index in [9.17, 15) is 22.0 Å². The molecule has 0 spiro atoms. The predicted octanol–water partition coefficient (Wildman–Crippen LogP) is 3.42. The van der Waals surface area contributed by atoms with E-state index in [-0.39, 0.29) is 32.4 Å². The van der Waals surface area contributed by atoms with Gasteiger partial charge in [0.05, 0.1) is 5.69 Å². The molecule has 10 heteroatoms. The molecule has 2 aromatic carbocycles. The van der Waals surface area contributed by atoms with Crippen LogP contribution in [-0.2, 0) is 27.7 Å². The fraction of sp³-hybridized carbons (Fsp3) is 0.238. The minimum Gasteiger partial charge on any atom is -0.291 e. The van der Waals surface area contributed by atoms with Crippen molar-refractivity contribution in [2.24, 2.45) is 11.1 Å². The number of amides is 1. The number of carbonyl (C=O) groups excluding carboxylic acids is 1. The molecule has 2 N–H and O–H groups in total. The molecule has 1 heterocycles. The highest BCUT2D eigenvalue weighted by Gasteiger charge is 2.32. The number of fused-ring (bicyclic) bond motifs is 1. The fourth-order valence-corrected chi connectivity index (χ4v) is 5.74. The van der Waals surface area contributed by atoms with Crippen LogP contribution in [-0.4, -0.2) is 26.4 Å². The number of hydrogen-bond acceptors (Lipinski definition) is 5. The molecular formula is C21H19F2N3O3S2. The molecule has 31 heavy (non-hydrogen) atoms. The van der Waals surface area contributed by atoms with E-state index in [4.69, 9.17) is 5.14 Å². The minimum atomic E-state index is -3.91. The highest BCUT2D eigenvalue weighted by molar-refractivity contribution is 7.91. The molecule has 1 aromatic heterocycles. The van der Waals surface area contributed by atoms with Gasteiger partial charge in [0.15, 0.2) is 9.34 Å². The number of rotatable bonds is 4. The average molecular weight is 464 g/mol. The van der Waals surface area contributed by atoms with Gasteiger partial charge in [0.2, 0.25) is 15.9 Å². The quantitative estimate of drug-likeness (QED) is 0.642.